The number of aromatic nitrogens is 4. The number of nitrogens with zero attached hydrogens (tertiary/aromatic N) is 7. The maximum Gasteiger partial charge on any atom is 0.269 e. The van der Waals surface area contributed by atoms with Gasteiger partial charge >= 0.3 is 0 Å². The maximum absolute atomic E-state index is 13.2. The molecule has 3 aromatic carbocycles. The van der Waals surface area contributed by atoms with E-state index in [4.69, 9.17) is 0 Å². The van der Waals surface area contributed by atoms with Crippen molar-refractivity contribution in [2.45, 2.75) is 25.9 Å². The summed E-state index contributed by atoms with van der Waals surface area (Å²) in [6.45, 7) is 2.69. The number of halogens is 1. The van der Waals surface area contributed by atoms with E-state index < -0.39 is 4.92 Å². The number of rotatable bonds is 9. The van der Waals surface area contributed by atoms with Gasteiger partial charge in [0.2, 0.25) is 5.91 Å². The minimum atomic E-state index is -0.498. The molecule has 6 rings (SSSR count). The van der Waals surface area contributed by atoms with Gasteiger partial charge in [-0.1, -0.05) is 35.5 Å². The predicted molar refractivity (Wildman–Crippen MR) is 160 cm³/mol. The second-order valence-electron chi connectivity index (χ2n) is 10.8. The summed E-state index contributed by atoms with van der Waals surface area (Å²) in [6, 6.07) is 19.9. The van der Waals surface area contributed by atoms with E-state index in [1.54, 1.807) is 26.6 Å². The second kappa shape index (κ2) is 12.5. The van der Waals surface area contributed by atoms with E-state index in [0.717, 1.165) is 27.7 Å². The van der Waals surface area contributed by atoms with Crippen LogP contribution in [-0.4, -0.2) is 72.3 Å². The van der Waals surface area contributed by atoms with Crippen LogP contribution in [0.1, 0.15) is 33.6 Å². The summed E-state index contributed by atoms with van der Waals surface area (Å²) in [5.41, 5.74) is 4.16. The van der Waals surface area contributed by atoms with Gasteiger partial charge in [0.25, 0.3) is 11.6 Å². The molecule has 224 valence electrons. The second-order valence-corrected chi connectivity index (χ2v) is 10.8. The highest BCUT2D eigenvalue weighted by molar-refractivity contribution is 5.94. The van der Waals surface area contributed by atoms with Crippen LogP contribution in [0.5, 0.6) is 0 Å². The Morgan fingerprint density at radius 1 is 0.864 bits per heavy atom. The first-order valence-corrected chi connectivity index (χ1v) is 14.4. The Labute approximate surface area is 252 Å². The van der Waals surface area contributed by atoms with Crippen molar-refractivity contribution >= 4 is 28.4 Å². The topological polar surface area (TPSA) is 119 Å². The van der Waals surface area contributed by atoms with Gasteiger partial charge in [0.1, 0.15) is 11.5 Å². The number of amides is 2. The zero-order chi connectivity index (χ0) is 30.6. The number of hydrogen-bond acceptors (Lipinski definition) is 6. The first-order chi connectivity index (χ1) is 21.3. The van der Waals surface area contributed by atoms with Gasteiger partial charge in [-0.2, -0.15) is 0 Å². The zero-order valence-corrected chi connectivity index (χ0v) is 23.9. The van der Waals surface area contributed by atoms with Crippen LogP contribution in [0.25, 0.3) is 10.9 Å². The minimum Gasteiger partial charge on any atom is -0.341 e. The standard InChI is InChI=1S/C32H30FN7O4/c33-26-10-5-23(6-11-26)19-39-22-27(34-35-39)21-38-20-25(29-3-1-2-4-30(29)38)9-14-31(41)36-15-17-37(18-16-36)32(42)24-7-12-28(13-8-24)40(43)44/h1-8,10-13,20,22H,9,14-19,21H2. The zero-order valence-electron chi connectivity index (χ0n) is 23.9. The highest BCUT2D eigenvalue weighted by Gasteiger charge is 2.25. The van der Waals surface area contributed by atoms with Crippen molar-refractivity contribution in [3.05, 3.63) is 124 Å². The average molecular weight is 596 g/mol. The van der Waals surface area contributed by atoms with Crippen LogP contribution in [0.4, 0.5) is 10.1 Å². The molecule has 1 fully saturated rings. The van der Waals surface area contributed by atoms with Gasteiger partial charge in [-0.3, -0.25) is 19.7 Å². The third-order valence-electron chi connectivity index (χ3n) is 7.90. The number of fused-ring (bicyclic) bond motifs is 1. The number of para-hydroxylation sites is 1. The smallest absolute Gasteiger partial charge is 0.269 e. The molecule has 1 saturated heterocycles. The molecule has 0 aliphatic carbocycles. The van der Waals surface area contributed by atoms with Crippen LogP contribution in [0.3, 0.4) is 0 Å². The Morgan fingerprint density at radius 3 is 2.30 bits per heavy atom. The molecule has 3 heterocycles. The number of non-ortho nitro benzene ring substituents is 1. The fraction of sp³-hybridized carbons (Fsp3) is 0.250. The lowest BCUT2D eigenvalue weighted by Gasteiger charge is -2.35. The van der Waals surface area contributed by atoms with Crippen molar-refractivity contribution in [3.63, 3.8) is 0 Å². The number of hydrogen-bond donors (Lipinski definition) is 0. The fourth-order valence-corrected chi connectivity index (χ4v) is 5.56. The van der Waals surface area contributed by atoms with Crippen LogP contribution in [0.2, 0.25) is 0 Å². The summed E-state index contributed by atoms with van der Waals surface area (Å²) < 4.78 is 17.1. The first kappa shape index (κ1) is 28.7. The number of nitro groups is 1. The molecule has 1 aliphatic heterocycles. The average Bonchev–Trinajstić information content (AvgIpc) is 3.64. The molecule has 0 N–H and O–H groups in total. The van der Waals surface area contributed by atoms with Crippen molar-refractivity contribution in [2.24, 2.45) is 0 Å². The summed E-state index contributed by atoms with van der Waals surface area (Å²) >= 11 is 0. The van der Waals surface area contributed by atoms with Crippen LogP contribution in [0.15, 0.2) is 85.2 Å². The first-order valence-electron chi connectivity index (χ1n) is 14.4. The third-order valence-corrected chi connectivity index (χ3v) is 7.90. The van der Waals surface area contributed by atoms with Crippen molar-refractivity contribution in [1.82, 2.24) is 29.4 Å². The SMILES string of the molecule is O=C(CCc1cn(Cc2cn(Cc3ccc(F)cc3)nn2)c2ccccc12)N1CCN(C(=O)c2ccc([N+](=O)[O-])cc2)CC1. The van der Waals surface area contributed by atoms with E-state index >= 15 is 0 Å². The number of nitro benzene ring substituents is 1. The Balaban J connectivity index is 1.05. The highest BCUT2D eigenvalue weighted by Crippen LogP contribution is 2.24. The molecule has 0 saturated carbocycles. The molecule has 0 atom stereocenters. The third kappa shape index (κ3) is 6.33. The van der Waals surface area contributed by atoms with Crippen molar-refractivity contribution < 1.29 is 18.9 Å². The summed E-state index contributed by atoms with van der Waals surface area (Å²) in [5.74, 6) is -0.441. The van der Waals surface area contributed by atoms with Crippen molar-refractivity contribution in [3.8, 4) is 0 Å². The molecule has 11 nitrogen and oxygen atoms in total. The summed E-state index contributed by atoms with van der Waals surface area (Å²) in [4.78, 5) is 39.8. The van der Waals surface area contributed by atoms with Crippen LogP contribution >= 0.6 is 0 Å². The van der Waals surface area contributed by atoms with E-state index in [2.05, 4.69) is 27.1 Å². The van der Waals surface area contributed by atoms with Crippen LogP contribution in [0, 0.1) is 15.9 Å². The molecule has 0 unspecified atom stereocenters. The van der Waals surface area contributed by atoms with Gasteiger partial charge in [0, 0.05) is 67.4 Å². The molecular weight excluding hydrogens is 565 g/mol. The lowest BCUT2D eigenvalue weighted by atomic mass is 10.1. The van der Waals surface area contributed by atoms with E-state index in [1.165, 1.54) is 36.4 Å². The monoisotopic (exact) mass is 595 g/mol. The normalized spacial score (nSPS) is 13.4. The Bertz CT molecular complexity index is 1810. The molecule has 44 heavy (non-hydrogen) atoms. The number of carbonyl (C=O) groups excluding carboxylic acids is 2. The van der Waals surface area contributed by atoms with Crippen LogP contribution < -0.4 is 0 Å². The van der Waals surface area contributed by atoms with Gasteiger partial charge < -0.3 is 14.4 Å². The molecule has 1 aliphatic rings. The maximum atomic E-state index is 13.2. The van der Waals surface area contributed by atoms with Crippen LogP contribution in [-0.2, 0) is 24.3 Å². The molecule has 5 aromatic rings. The Hall–Kier alpha value is -5.39. The van der Waals surface area contributed by atoms with Gasteiger partial charge in [0.15, 0.2) is 0 Å². The fourth-order valence-electron chi connectivity index (χ4n) is 5.56. The minimum absolute atomic E-state index is 0.0352. The highest BCUT2D eigenvalue weighted by atomic mass is 19.1. The molecule has 0 radical (unpaired) electrons. The van der Waals surface area contributed by atoms with E-state index in [1.807, 2.05) is 24.4 Å². The van der Waals surface area contributed by atoms with Gasteiger partial charge in [-0.25, -0.2) is 9.07 Å². The molecular formula is C32H30FN7O4. The van der Waals surface area contributed by atoms with E-state index in [0.29, 0.717) is 57.7 Å². The van der Waals surface area contributed by atoms with Crippen molar-refractivity contribution in [2.75, 3.05) is 26.2 Å². The quantitative estimate of drug-likeness (QED) is 0.185. The van der Waals surface area contributed by atoms with E-state index in [9.17, 15) is 24.1 Å². The van der Waals surface area contributed by atoms with Gasteiger partial charge in [0.05, 0.1) is 24.2 Å². The van der Waals surface area contributed by atoms with Crippen molar-refractivity contribution in [1.29, 1.82) is 0 Å². The number of carbonyl (C=O) groups is 2. The van der Waals surface area contributed by atoms with Gasteiger partial charge in [-0.05, 0) is 47.9 Å². The summed E-state index contributed by atoms with van der Waals surface area (Å²) in [5, 5.41) is 20.5. The Kier molecular flexibility index (Phi) is 8.13. The molecule has 2 amide bonds. The van der Waals surface area contributed by atoms with Gasteiger partial charge in [-0.15, -0.1) is 5.10 Å². The summed E-state index contributed by atoms with van der Waals surface area (Å²) in [6.07, 6.45) is 4.87. The lowest BCUT2D eigenvalue weighted by molar-refractivity contribution is -0.384. The molecule has 12 heteroatoms. The largest absolute Gasteiger partial charge is 0.341 e. The summed E-state index contributed by atoms with van der Waals surface area (Å²) in [7, 11) is 0. The lowest BCUT2D eigenvalue weighted by Crippen LogP contribution is -2.50. The Morgan fingerprint density at radius 2 is 1.57 bits per heavy atom. The number of aryl methyl sites for hydroxylation is 1. The van der Waals surface area contributed by atoms with E-state index in [-0.39, 0.29) is 23.3 Å². The predicted octanol–water partition coefficient (Wildman–Crippen LogP) is 4.29. The number of piperazine rings is 1. The molecule has 0 spiro atoms. The molecule has 0 bridgehead atoms. The number of benzene rings is 3. The molecule has 2 aromatic heterocycles.